The lowest BCUT2D eigenvalue weighted by molar-refractivity contribution is -0.136. The van der Waals surface area contributed by atoms with E-state index in [1.54, 1.807) is 0 Å². The highest BCUT2D eigenvalue weighted by Gasteiger charge is 2.37. The van der Waals surface area contributed by atoms with Crippen molar-refractivity contribution < 1.29 is 26.7 Å². The summed E-state index contributed by atoms with van der Waals surface area (Å²) in [5.74, 6) is 0. The van der Waals surface area contributed by atoms with Crippen molar-refractivity contribution in [1.29, 1.82) is 0 Å². The first-order chi connectivity index (χ1) is 9.49. The van der Waals surface area contributed by atoms with E-state index in [2.05, 4.69) is 0 Å². The van der Waals surface area contributed by atoms with Crippen molar-refractivity contribution in [2.24, 2.45) is 0 Å². The van der Waals surface area contributed by atoms with Crippen LogP contribution in [0.15, 0.2) is 17.0 Å². The number of aryl methyl sites for hydroxylation is 2. The Kier molecular flexibility index (Phi) is 5.24. The van der Waals surface area contributed by atoms with Gasteiger partial charge in [0, 0.05) is 12.2 Å². The molecule has 0 fully saturated rings. The molecule has 3 N–H and O–H groups in total. The molecule has 0 spiro atoms. The molecule has 21 heavy (non-hydrogen) atoms. The zero-order valence-corrected chi connectivity index (χ0v) is 12.4. The summed E-state index contributed by atoms with van der Waals surface area (Å²) >= 11 is 0. The fraction of sp³-hybridized carbons (Fsp3) is 0.500. The fourth-order valence-electron chi connectivity index (χ4n) is 2.12. The first kappa shape index (κ1) is 17.7. The third-order valence-corrected chi connectivity index (χ3v) is 4.94. The Morgan fingerprint density at radius 1 is 1.24 bits per heavy atom. The molecular weight excluding hydrogens is 309 g/mol. The number of halogens is 3. The smallest absolute Gasteiger partial charge is 0.399 e. The summed E-state index contributed by atoms with van der Waals surface area (Å²) in [6.07, 6.45) is -4.70. The standard InChI is InChI=1S/C12H17F3N2O3S/c1-8-5-10(16)6-9(2)11(8)21(19,20)17(3-4-18)7-12(13,14)15/h5-6,18H,3-4,7,16H2,1-2H3. The van der Waals surface area contributed by atoms with E-state index in [0.29, 0.717) is 5.69 Å². The molecule has 0 bridgehead atoms. The van der Waals surface area contributed by atoms with Crippen LogP contribution in [-0.4, -0.2) is 43.7 Å². The average Bonchev–Trinajstić information content (AvgIpc) is 2.24. The molecule has 0 radical (unpaired) electrons. The van der Waals surface area contributed by atoms with Crippen LogP contribution in [0.2, 0.25) is 0 Å². The van der Waals surface area contributed by atoms with Crippen LogP contribution in [0.3, 0.4) is 0 Å². The summed E-state index contributed by atoms with van der Waals surface area (Å²) in [5.41, 5.74) is 6.43. The van der Waals surface area contributed by atoms with Gasteiger partial charge in [-0.05, 0) is 37.1 Å². The number of rotatable bonds is 5. The van der Waals surface area contributed by atoms with Gasteiger partial charge in [-0.25, -0.2) is 8.42 Å². The summed E-state index contributed by atoms with van der Waals surface area (Å²) in [7, 11) is -4.38. The van der Waals surface area contributed by atoms with Crippen LogP contribution in [0, 0.1) is 13.8 Å². The molecule has 1 rings (SSSR count). The fourth-order valence-corrected chi connectivity index (χ4v) is 3.94. The number of aliphatic hydroxyl groups is 1. The molecule has 0 saturated heterocycles. The third kappa shape index (κ3) is 4.32. The number of nitrogens with two attached hydrogens (primary N) is 1. The zero-order chi connectivity index (χ0) is 16.4. The number of sulfonamides is 1. The number of anilines is 1. The second-order valence-corrected chi connectivity index (χ2v) is 6.54. The van der Waals surface area contributed by atoms with Gasteiger partial charge in [0.1, 0.15) is 6.54 Å². The van der Waals surface area contributed by atoms with Crippen molar-refractivity contribution in [3.05, 3.63) is 23.3 Å². The minimum Gasteiger partial charge on any atom is -0.399 e. The van der Waals surface area contributed by atoms with Gasteiger partial charge in [0.15, 0.2) is 0 Å². The Balaban J connectivity index is 3.36. The van der Waals surface area contributed by atoms with Gasteiger partial charge in [0.2, 0.25) is 10.0 Å². The molecule has 0 aliphatic carbocycles. The van der Waals surface area contributed by atoms with Crippen LogP contribution in [-0.2, 0) is 10.0 Å². The normalized spacial score (nSPS) is 12.9. The van der Waals surface area contributed by atoms with E-state index < -0.39 is 35.9 Å². The highest BCUT2D eigenvalue weighted by Crippen LogP contribution is 2.28. The van der Waals surface area contributed by atoms with E-state index in [9.17, 15) is 21.6 Å². The van der Waals surface area contributed by atoms with E-state index in [1.165, 1.54) is 26.0 Å². The van der Waals surface area contributed by atoms with Crippen molar-refractivity contribution in [3.8, 4) is 0 Å². The van der Waals surface area contributed by atoms with Crippen molar-refractivity contribution in [2.45, 2.75) is 24.9 Å². The Labute approximate surface area is 121 Å². The molecule has 120 valence electrons. The molecular formula is C12H17F3N2O3S. The number of benzene rings is 1. The zero-order valence-electron chi connectivity index (χ0n) is 11.6. The van der Waals surface area contributed by atoms with Gasteiger partial charge in [-0.3, -0.25) is 0 Å². The Bertz CT molecular complexity index is 592. The van der Waals surface area contributed by atoms with Gasteiger partial charge in [-0.1, -0.05) is 0 Å². The van der Waals surface area contributed by atoms with Crippen molar-refractivity contribution in [3.63, 3.8) is 0 Å². The lowest BCUT2D eigenvalue weighted by Crippen LogP contribution is -2.41. The Hall–Kier alpha value is -1.32. The van der Waals surface area contributed by atoms with Crippen molar-refractivity contribution in [1.82, 2.24) is 4.31 Å². The Morgan fingerprint density at radius 3 is 2.10 bits per heavy atom. The Morgan fingerprint density at radius 2 is 1.71 bits per heavy atom. The summed E-state index contributed by atoms with van der Waals surface area (Å²) in [4.78, 5) is -0.214. The molecule has 1 aromatic rings. The number of hydrogen-bond donors (Lipinski definition) is 2. The second-order valence-electron chi connectivity index (χ2n) is 4.66. The van der Waals surface area contributed by atoms with Crippen molar-refractivity contribution >= 4 is 15.7 Å². The average molecular weight is 326 g/mol. The summed E-state index contributed by atoms with van der Waals surface area (Å²) in [6.45, 7) is -0.0749. The summed E-state index contributed by atoms with van der Waals surface area (Å²) in [6, 6.07) is 2.76. The maximum atomic E-state index is 12.5. The molecule has 0 atom stereocenters. The quantitative estimate of drug-likeness (QED) is 0.802. The lowest BCUT2D eigenvalue weighted by atomic mass is 10.1. The predicted molar refractivity (Wildman–Crippen MR) is 72.2 cm³/mol. The van der Waals surface area contributed by atoms with Gasteiger partial charge in [-0.2, -0.15) is 17.5 Å². The molecule has 0 aromatic heterocycles. The second kappa shape index (κ2) is 6.20. The molecule has 0 saturated carbocycles. The third-order valence-electron chi connectivity index (χ3n) is 2.79. The van der Waals surface area contributed by atoms with Crippen LogP contribution < -0.4 is 5.73 Å². The van der Waals surface area contributed by atoms with Gasteiger partial charge >= 0.3 is 6.18 Å². The SMILES string of the molecule is Cc1cc(N)cc(C)c1S(=O)(=O)N(CCO)CC(F)(F)F. The van der Waals surface area contributed by atoms with Gasteiger partial charge < -0.3 is 10.8 Å². The molecule has 0 heterocycles. The first-order valence-electron chi connectivity index (χ1n) is 6.03. The van der Waals surface area contributed by atoms with E-state index in [1.807, 2.05) is 0 Å². The predicted octanol–water partition coefficient (Wildman–Crippen LogP) is 1.43. The van der Waals surface area contributed by atoms with Crippen LogP contribution in [0.5, 0.6) is 0 Å². The number of hydrogen-bond acceptors (Lipinski definition) is 4. The highest BCUT2D eigenvalue weighted by atomic mass is 32.2. The van der Waals surface area contributed by atoms with Gasteiger partial charge in [0.25, 0.3) is 0 Å². The molecule has 0 amide bonds. The maximum absolute atomic E-state index is 12.5. The molecule has 0 aliphatic heterocycles. The monoisotopic (exact) mass is 326 g/mol. The van der Waals surface area contributed by atoms with Crippen LogP contribution in [0.1, 0.15) is 11.1 Å². The van der Waals surface area contributed by atoms with E-state index in [-0.39, 0.29) is 20.3 Å². The molecule has 0 aliphatic rings. The van der Waals surface area contributed by atoms with Gasteiger partial charge in [0.05, 0.1) is 11.5 Å². The molecule has 1 aromatic carbocycles. The first-order valence-corrected chi connectivity index (χ1v) is 7.47. The number of nitrogens with zero attached hydrogens (tertiary/aromatic N) is 1. The minimum absolute atomic E-state index is 0.214. The van der Waals surface area contributed by atoms with E-state index in [4.69, 9.17) is 10.8 Å². The highest BCUT2D eigenvalue weighted by molar-refractivity contribution is 7.89. The van der Waals surface area contributed by atoms with Crippen LogP contribution in [0.25, 0.3) is 0 Å². The molecule has 0 unspecified atom stereocenters. The largest absolute Gasteiger partial charge is 0.402 e. The van der Waals surface area contributed by atoms with E-state index in [0.717, 1.165) is 0 Å². The van der Waals surface area contributed by atoms with Gasteiger partial charge in [-0.15, -0.1) is 0 Å². The van der Waals surface area contributed by atoms with E-state index >= 15 is 0 Å². The number of aliphatic hydroxyl groups excluding tert-OH is 1. The van der Waals surface area contributed by atoms with Crippen LogP contribution in [0.4, 0.5) is 18.9 Å². The topological polar surface area (TPSA) is 83.6 Å². The number of nitrogen functional groups attached to an aromatic ring is 1. The molecule has 9 heteroatoms. The lowest BCUT2D eigenvalue weighted by Gasteiger charge is -2.24. The summed E-state index contributed by atoms with van der Waals surface area (Å²) < 4.78 is 62.7. The summed E-state index contributed by atoms with van der Waals surface area (Å²) in [5, 5.41) is 8.83. The molecule has 5 nitrogen and oxygen atoms in total. The maximum Gasteiger partial charge on any atom is 0.402 e. The minimum atomic E-state index is -4.70. The number of alkyl halides is 3. The van der Waals surface area contributed by atoms with Crippen LogP contribution >= 0.6 is 0 Å². The van der Waals surface area contributed by atoms with Crippen molar-refractivity contribution in [2.75, 3.05) is 25.4 Å².